The van der Waals surface area contributed by atoms with Gasteiger partial charge in [-0.25, -0.2) is 0 Å². The zero-order valence-corrected chi connectivity index (χ0v) is 28.2. The third-order valence-electron chi connectivity index (χ3n) is 8.64. The maximum absolute atomic E-state index is 5.43. The molecule has 228 valence electrons. The molecule has 2 aromatic heterocycles. The highest BCUT2D eigenvalue weighted by molar-refractivity contribution is 5.97. The fourth-order valence-electron chi connectivity index (χ4n) is 6.46. The molecule has 0 spiro atoms. The summed E-state index contributed by atoms with van der Waals surface area (Å²) >= 11 is 0. The lowest BCUT2D eigenvalue weighted by Gasteiger charge is -2.27. The summed E-state index contributed by atoms with van der Waals surface area (Å²) in [5, 5.41) is 4.82. The molecule has 0 aliphatic rings. The number of nitrogens with zero attached hydrogens (tertiary/aromatic N) is 2. The van der Waals surface area contributed by atoms with Crippen LogP contribution >= 0.6 is 0 Å². The van der Waals surface area contributed by atoms with Crippen molar-refractivity contribution in [3.63, 3.8) is 0 Å². The first-order valence-corrected chi connectivity index (χ1v) is 16.3. The molecule has 45 heavy (non-hydrogen) atoms. The van der Waals surface area contributed by atoms with E-state index in [2.05, 4.69) is 165 Å². The van der Waals surface area contributed by atoms with Crippen molar-refractivity contribution < 1.29 is 0 Å². The molecule has 0 radical (unpaired) electrons. The van der Waals surface area contributed by atoms with Gasteiger partial charge in [-0.3, -0.25) is 9.97 Å². The van der Waals surface area contributed by atoms with Crippen molar-refractivity contribution in [2.24, 2.45) is 10.8 Å². The van der Waals surface area contributed by atoms with E-state index < -0.39 is 5.41 Å². The number of hydrogen-bond acceptors (Lipinski definition) is 2. The Labute approximate surface area is 269 Å². The Bertz CT molecular complexity index is 1830. The average molecular weight is 591 g/mol. The lowest BCUT2D eigenvalue weighted by atomic mass is 9.81. The van der Waals surface area contributed by atoms with Gasteiger partial charge in [-0.15, -0.1) is 0 Å². The Morgan fingerprint density at radius 2 is 0.822 bits per heavy atom. The number of benzene rings is 4. The van der Waals surface area contributed by atoms with Gasteiger partial charge in [0.25, 0.3) is 0 Å². The minimum atomic E-state index is -0.449. The fraction of sp³-hybridized carbons (Fsp3) is 0.302. The van der Waals surface area contributed by atoms with Crippen molar-refractivity contribution in [3.8, 4) is 22.5 Å². The number of rotatable bonds is 6. The third kappa shape index (κ3) is 6.71. The molecule has 0 atom stereocenters. The van der Waals surface area contributed by atoms with Crippen LogP contribution in [0.3, 0.4) is 0 Å². The van der Waals surface area contributed by atoms with Crippen LogP contribution in [0.5, 0.6) is 0 Å². The summed E-state index contributed by atoms with van der Waals surface area (Å²) in [6.07, 6.45) is 2.04. The maximum atomic E-state index is 5.43. The van der Waals surface area contributed by atoms with E-state index in [9.17, 15) is 0 Å². The van der Waals surface area contributed by atoms with Gasteiger partial charge in [-0.05, 0) is 71.6 Å². The minimum Gasteiger partial charge on any atom is -0.251 e. The first-order valence-electron chi connectivity index (χ1n) is 16.3. The largest absolute Gasteiger partial charge is 0.251 e. The minimum absolute atomic E-state index is 0.208. The van der Waals surface area contributed by atoms with Crippen molar-refractivity contribution in [2.45, 2.75) is 73.6 Å². The lowest BCUT2D eigenvalue weighted by Crippen LogP contribution is -2.23. The molecule has 0 aliphatic carbocycles. The molecule has 6 rings (SSSR count). The Morgan fingerprint density at radius 1 is 0.444 bits per heavy atom. The molecule has 2 heteroatoms. The molecule has 0 amide bonds. The van der Waals surface area contributed by atoms with Gasteiger partial charge in [0.15, 0.2) is 0 Å². The number of hydrogen-bond donors (Lipinski definition) is 0. The molecule has 0 unspecified atom stereocenters. The molecule has 0 saturated heterocycles. The Balaban J connectivity index is 1.58. The predicted molar refractivity (Wildman–Crippen MR) is 193 cm³/mol. The summed E-state index contributed by atoms with van der Waals surface area (Å²) in [6.45, 7) is 18.4. The molecule has 0 fully saturated rings. The third-order valence-corrected chi connectivity index (χ3v) is 8.64. The van der Waals surface area contributed by atoms with Crippen LogP contribution in [0.25, 0.3) is 44.1 Å². The molecule has 0 aliphatic heterocycles. The van der Waals surface area contributed by atoms with Crippen LogP contribution in [0.1, 0.15) is 77.9 Å². The van der Waals surface area contributed by atoms with Crippen molar-refractivity contribution in [1.29, 1.82) is 0 Å². The van der Waals surface area contributed by atoms with Crippen LogP contribution in [0.2, 0.25) is 0 Å². The maximum Gasteiger partial charge on any atom is 0.0784 e. The highest BCUT2D eigenvalue weighted by Gasteiger charge is 2.29. The summed E-state index contributed by atoms with van der Waals surface area (Å²) in [7, 11) is 0. The Kier molecular flexibility index (Phi) is 7.89. The highest BCUT2D eigenvalue weighted by Crippen LogP contribution is 2.39. The van der Waals surface area contributed by atoms with E-state index in [-0.39, 0.29) is 10.8 Å². The van der Waals surface area contributed by atoms with Gasteiger partial charge in [0.05, 0.1) is 22.8 Å². The zero-order chi connectivity index (χ0) is 32.0. The predicted octanol–water partition coefficient (Wildman–Crippen LogP) is 11.6. The zero-order valence-electron chi connectivity index (χ0n) is 28.2. The smallest absolute Gasteiger partial charge is 0.0784 e. The summed E-state index contributed by atoms with van der Waals surface area (Å²) in [5.74, 6) is 0. The Hall–Kier alpha value is -4.30. The molecule has 0 N–H and O–H groups in total. The van der Waals surface area contributed by atoms with Crippen LogP contribution < -0.4 is 0 Å². The van der Waals surface area contributed by atoms with Gasteiger partial charge in [0.2, 0.25) is 0 Å². The van der Waals surface area contributed by atoms with Crippen LogP contribution in [0.4, 0.5) is 0 Å². The van der Waals surface area contributed by atoms with Gasteiger partial charge in [-0.2, -0.15) is 0 Å². The average Bonchev–Trinajstić information content (AvgIpc) is 2.99. The van der Waals surface area contributed by atoms with Gasteiger partial charge in [-0.1, -0.05) is 139 Å². The van der Waals surface area contributed by atoms with Gasteiger partial charge in [0, 0.05) is 27.3 Å². The highest BCUT2D eigenvalue weighted by atomic mass is 14.8. The summed E-state index contributed by atoms with van der Waals surface area (Å²) < 4.78 is 0. The van der Waals surface area contributed by atoms with E-state index in [1.165, 1.54) is 32.7 Å². The molecule has 4 aromatic carbocycles. The van der Waals surface area contributed by atoms with Crippen molar-refractivity contribution >= 4 is 21.5 Å². The van der Waals surface area contributed by atoms with E-state index in [0.29, 0.717) is 0 Å². The normalized spacial score (nSPS) is 12.6. The second-order valence-electron chi connectivity index (χ2n) is 15.7. The molecule has 0 bridgehead atoms. The molecule has 2 nitrogen and oxygen atoms in total. The molecule has 0 saturated carbocycles. The van der Waals surface area contributed by atoms with Crippen LogP contribution in [0, 0.1) is 10.8 Å². The van der Waals surface area contributed by atoms with E-state index in [1.54, 1.807) is 0 Å². The van der Waals surface area contributed by atoms with Crippen molar-refractivity contribution in [3.05, 3.63) is 132 Å². The van der Waals surface area contributed by atoms with Crippen LogP contribution in [-0.2, 0) is 18.3 Å². The lowest BCUT2D eigenvalue weighted by molar-refractivity contribution is 0.411. The SMILES string of the molecule is CC(C)(C)Cc1ccc2c(-c3ccccc3)nc(C(C)(C)c3cc4cc(CC(C)(C)C)ccc4c(-c4ccccc4)n3)cc2c1. The molecule has 2 heterocycles. The second-order valence-corrected chi connectivity index (χ2v) is 15.7. The van der Waals surface area contributed by atoms with E-state index >= 15 is 0 Å². The van der Waals surface area contributed by atoms with E-state index in [0.717, 1.165) is 46.7 Å². The van der Waals surface area contributed by atoms with Gasteiger partial charge < -0.3 is 0 Å². The topological polar surface area (TPSA) is 25.8 Å². The second kappa shape index (κ2) is 11.6. The number of fused-ring (bicyclic) bond motifs is 2. The first kappa shape index (κ1) is 30.7. The number of aromatic nitrogens is 2. The van der Waals surface area contributed by atoms with Crippen molar-refractivity contribution in [2.75, 3.05) is 0 Å². The Morgan fingerprint density at radius 3 is 1.18 bits per heavy atom. The number of pyridine rings is 2. The summed E-state index contributed by atoms with van der Waals surface area (Å²) in [6, 6.07) is 39.6. The van der Waals surface area contributed by atoms with E-state index in [1.807, 2.05) is 0 Å². The first-order chi connectivity index (χ1) is 21.3. The summed E-state index contributed by atoms with van der Waals surface area (Å²) in [5.41, 5.74) is 9.03. The standard InChI is InChI=1S/C43H46N2/c1-41(2,3)27-29-19-21-35-33(23-29)25-37(44-39(35)31-15-11-9-12-16-31)43(7,8)38-26-34-24-30(28-42(4,5)6)20-22-36(34)40(45-38)32-17-13-10-14-18-32/h9-26H,27-28H2,1-8H3. The van der Waals surface area contributed by atoms with Crippen LogP contribution in [0.15, 0.2) is 109 Å². The molecular weight excluding hydrogens is 544 g/mol. The van der Waals surface area contributed by atoms with Gasteiger partial charge in [0.1, 0.15) is 0 Å². The van der Waals surface area contributed by atoms with Gasteiger partial charge >= 0.3 is 0 Å². The summed E-state index contributed by atoms with van der Waals surface area (Å²) in [4.78, 5) is 10.9. The molecular formula is C43H46N2. The van der Waals surface area contributed by atoms with E-state index in [4.69, 9.17) is 9.97 Å². The monoisotopic (exact) mass is 590 g/mol. The molecule has 6 aromatic rings. The quantitative estimate of drug-likeness (QED) is 0.193. The van der Waals surface area contributed by atoms with Crippen LogP contribution in [-0.4, -0.2) is 9.97 Å². The van der Waals surface area contributed by atoms with Crippen molar-refractivity contribution in [1.82, 2.24) is 9.97 Å². The fourth-order valence-corrected chi connectivity index (χ4v) is 6.46.